The Kier molecular flexibility index (Phi) is 3.57. The second kappa shape index (κ2) is 4.70. The summed E-state index contributed by atoms with van der Waals surface area (Å²) in [5.41, 5.74) is 6.55. The fourth-order valence-corrected chi connectivity index (χ4v) is 1.22. The maximum absolute atomic E-state index is 10.9. The molecule has 0 aliphatic rings. The van der Waals surface area contributed by atoms with E-state index in [4.69, 9.17) is 5.73 Å². The minimum Gasteiger partial charge on any atom is -0.507 e. The smallest absolute Gasteiger partial charge is 0.153 e. The van der Waals surface area contributed by atoms with E-state index < -0.39 is 6.04 Å². The first-order chi connectivity index (χ1) is 7.04. The van der Waals surface area contributed by atoms with E-state index in [9.17, 15) is 14.7 Å². The Hall–Kier alpha value is -1.68. The van der Waals surface area contributed by atoms with Crippen molar-refractivity contribution in [3.05, 3.63) is 29.3 Å². The molecule has 0 amide bonds. The molecule has 0 aliphatic heterocycles. The number of aromatic hydroxyl groups is 1. The molecule has 80 valence electrons. The van der Waals surface area contributed by atoms with Gasteiger partial charge in [0.1, 0.15) is 11.5 Å². The number of nitrogens with two attached hydrogens (primary N) is 1. The molecule has 15 heavy (non-hydrogen) atoms. The highest BCUT2D eigenvalue weighted by atomic mass is 16.3. The number of carbonyl (C=O) groups excluding carboxylic acids is 2. The zero-order valence-electron chi connectivity index (χ0n) is 8.43. The predicted molar refractivity (Wildman–Crippen MR) is 55.9 cm³/mol. The van der Waals surface area contributed by atoms with Gasteiger partial charge in [0.15, 0.2) is 6.29 Å². The molecule has 0 unspecified atom stereocenters. The number of hydrogen-bond donors (Lipinski definition) is 2. The summed E-state index contributed by atoms with van der Waals surface area (Å²) in [6.45, 7) is 1.42. The van der Waals surface area contributed by atoms with Crippen molar-refractivity contribution in [2.45, 2.75) is 19.4 Å². The van der Waals surface area contributed by atoms with Crippen molar-refractivity contribution in [2.24, 2.45) is 5.73 Å². The molecule has 0 saturated heterocycles. The molecule has 0 fully saturated rings. The van der Waals surface area contributed by atoms with Crippen molar-refractivity contribution in [2.75, 3.05) is 0 Å². The van der Waals surface area contributed by atoms with Gasteiger partial charge in [-0.1, -0.05) is 6.07 Å². The van der Waals surface area contributed by atoms with E-state index >= 15 is 0 Å². The third-order valence-corrected chi connectivity index (χ3v) is 2.20. The quantitative estimate of drug-likeness (QED) is 0.711. The van der Waals surface area contributed by atoms with Crippen molar-refractivity contribution >= 4 is 12.1 Å². The van der Waals surface area contributed by atoms with E-state index in [1.54, 1.807) is 6.07 Å². The first-order valence-electron chi connectivity index (χ1n) is 4.57. The van der Waals surface area contributed by atoms with E-state index in [1.807, 2.05) is 0 Å². The van der Waals surface area contributed by atoms with E-state index in [2.05, 4.69) is 0 Å². The fourth-order valence-electron chi connectivity index (χ4n) is 1.22. The van der Waals surface area contributed by atoms with Crippen LogP contribution in [0.1, 0.15) is 22.8 Å². The zero-order valence-corrected chi connectivity index (χ0v) is 8.43. The summed E-state index contributed by atoms with van der Waals surface area (Å²) in [4.78, 5) is 21.5. The summed E-state index contributed by atoms with van der Waals surface area (Å²) in [5.74, 6) is -0.166. The summed E-state index contributed by atoms with van der Waals surface area (Å²) in [5, 5.41) is 9.25. The SMILES string of the molecule is CC(=O)[C@@H](N)Cc1ccc(O)c(C=O)c1. The van der Waals surface area contributed by atoms with Crippen LogP contribution in [0.3, 0.4) is 0 Å². The van der Waals surface area contributed by atoms with E-state index in [0.29, 0.717) is 12.7 Å². The van der Waals surface area contributed by atoms with Crippen LogP contribution in [0.15, 0.2) is 18.2 Å². The zero-order chi connectivity index (χ0) is 11.4. The van der Waals surface area contributed by atoms with Crippen LogP contribution in [0.4, 0.5) is 0 Å². The number of carbonyl (C=O) groups is 2. The Morgan fingerprint density at radius 2 is 2.27 bits per heavy atom. The molecule has 0 heterocycles. The van der Waals surface area contributed by atoms with Gasteiger partial charge in [-0.2, -0.15) is 0 Å². The summed E-state index contributed by atoms with van der Waals surface area (Å²) in [6, 6.07) is 4.04. The first-order valence-corrected chi connectivity index (χ1v) is 4.57. The van der Waals surface area contributed by atoms with Gasteiger partial charge in [0, 0.05) is 0 Å². The molecule has 0 radical (unpaired) electrons. The maximum Gasteiger partial charge on any atom is 0.153 e. The minimum atomic E-state index is -0.561. The molecule has 0 spiro atoms. The summed E-state index contributed by atoms with van der Waals surface area (Å²) in [6.07, 6.45) is 0.939. The second-order valence-electron chi connectivity index (χ2n) is 3.43. The van der Waals surface area contributed by atoms with Crippen LogP contribution in [0.5, 0.6) is 5.75 Å². The topological polar surface area (TPSA) is 80.4 Å². The molecule has 1 rings (SSSR count). The summed E-state index contributed by atoms with van der Waals surface area (Å²) >= 11 is 0. The summed E-state index contributed by atoms with van der Waals surface area (Å²) in [7, 11) is 0. The average Bonchev–Trinajstić information content (AvgIpc) is 2.20. The average molecular weight is 207 g/mol. The Labute approximate surface area is 87.7 Å². The van der Waals surface area contributed by atoms with Gasteiger partial charge in [-0.3, -0.25) is 9.59 Å². The van der Waals surface area contributed by atoms with Crippen molar-refractivity contribution in [3.8, 4) is 5.75 Å². The van der Waals surface area contributed by atoms with Crippen molar-refractivity contribution in [1.29, 1.82) is 0 Å². The molecule has 1 atom stereocenters. The van der Waals surface area contributed by atoms with Gasteiger partial charge in [-0.15, -0.1) is 0 Å². The predicted octanol–water partition coefficient (Wildman–Crippen LogP) is 0.663. The van der Waals surface area contributed by atoms with Gasteiger partial charge in [0.2, 0.25) is 0 Å². The Balaban J connectivity index is 2.87. The molecular weight excluding hydrogens is 194 g/mol. The van der Waals surface area contributed by atoms with E-state index in [0.717, 1.165) is 5.56 Å². The maximum atomic E-state index is 10.9. The number of aldehydes is 1. The van der Waals surface area contributed by atoms with Crippen molar-refractivity contribution in [3.63, 3.8) is 0 Å². The number of benzene rings is 1. The number of phenols is 1. The Morgan fingerprint density at radius 3 is 2.80 bits per heavy atom. The van der Waals surface area contributed by atoms with Gasteiger partial charge in [-0.05, 0) is 31.0 Å². The highest BCUT2D eigenvalue weighted by Gasteiger charge is 2.10. The lowest BCUT2D eigenvalue weighted by Crippen LogP contribution is -2.30. The number of Topliss-reactive ketones (excluding diaryl/α,β-unsaturated/α-hetero) is 1. The normalized spacial score (nSPS) is 12.1. The lowest BCUT2D eigenvalue weighted by Gasteiger charge is -2.08. The molecule has 0 saturated carbocycles. The molecular formula is C11H13NO3. The van der Waals surface area contributed by atoms with Crippen LogP contribution in [0.25, 0.3) is 0 Å². The van der Waals surface area contributed by atoms with Crippen LogP contribution in [-0.2, 0) is 11.2 Å². The standard InChI is InChI=1S/C11H13NO3/c1-7(14)10(12)5-8-2-3-11(15)9(4-8)6-13/h2-4,6,10,15H,5,12H2,1H3/t10-/m0/s1. The molecule has 3 N–H and O–H groups in total. The molecule has 4 heteroatoms. The molecule has 0 aliphatic carbocycles. The molecule has 4 nitrogen and oxygen atoms in total. The van der Waals surface area contributed by atoms with Crippen LogP contribution in [0, 0.1) is 0 Å². The molecule has 1 aromatic rings. The highest BCUT2D eigenvalue weighted by molar-refractivity contribution is 5.82. The van der Waals surface area contributed by atoms with Crippen LogP contribution < -0.4 is 5.73 Å². The monoisotopic (exact) mass is 207 g/mol. The Morgan fingerprint density at radius 1 is 1.60 bits per heavy atom. The van der Waals surface area contributed by atoms with Gasteiger partial charge in [-0.25, -0.2) is 0 Å². The van der Waals surface area contributed by atoms with Crippen LogP contribution >= 0.6 is 0 Å². The van der Waals surface area contributed by atoms with Crippen LogP contribution in [0.2, 0.25) is 0 Å². The third-order valence-electron chi connectivity index (χ3n) is 2.20. The van der Waals surface area contributed by atoms with Crippen LogP contribution in [-0.4, -0.2) is 23.2 Å². The largest absolute Gasteiger partial charge is 0.507 e. The Bertz CT molecular complexity index is 387. The van der Waals surface area contributed by atoms with Gasteiger partial charge in [0.25, 0.3) is 0 Å². The molecule has 0 bridgehead atoms. The summed E-state index contributed by atoms with van der Waals surface area (Å²) < 4.78 is 0. The second-order valence-corrected chi connectivity index (χ2v) is 3.43. The number of ketones is 1. The number of rotatable bonds is 4. The van der Waals surface area contributed by atoms with E-state index in [-0.39, 0.29) is 17.1 Å². The van der Waals surface area contributed by atoms with E-state index in [1.165, 1.54) is 19.1 Å². The third kappa shape index (κ3) is 2.89. The van der Waals surface area contributed by atoms with Gasteiger partial charge in [0.05, 0.1) is 11.6 Å². The lowest BCUT2D eigenvalue weighted by atomic mass is 10.0. The molecule has 0 aromatic heterocycles. The van der Waals surface area contributed by atoms with Gasteiger partial charge >= 0.3 is 0 Å². The first kappa shape index (κ1) is 11.4. The minimum absolute atomic E-state index is 0.0647. The number of hydrogen-bond acceptors (Lipinski definition) is 4. The lowest BCUT2D eigenvalue weighted by molar-refractivity contribution is -0.118. The number of phenolic OH excluding ortho intramolecular Hbond substituents is 1. The highest BCUT2D eigenvalue weighted by Crippen LogP contribution is 2.17. The fraction of sp³-hybridized carbons (Fsp3) is 0.273. The van der Waals surface area contributed by atoms with Crippen molar-refractivity contribution in [1.82, 2.24) is 0 Å². The molecule has 1 aromatic carbocycles. The van der Waals surface area contributed by atoms with Gasteiger partial charge < -0.3 is 10.8 Å². The van der Waals surface area contributed by atoms with Crippen molar-refractivity contribution < 1.29 is 14.7 Å².